The Balaban J connectivity index is 1.26. The molecular weight excluding hydrogens is 933 g/mol. The van der Waals surface area contributed by atoms with Crippen molar-refractivity contribution < 1.29 is 52.7 Å². The first kappa shape index (κ1) is 45.3. The van der Waals surface area contributed by atoms with Gasteiger partial charge in [-0.1, -0.05) is 78.9 Å². The zero-order chi connectivity index (χ0) is 49.7. The molecule has 0 unspecified atom stereocenters. The van der Waals surface area contributed by atoms with Gasteiger partial charge in [-0.2, -0.15) is 63.2 Å². The number of nitriles is 2. The van der Waals surface area contributed by atoms with Gasteiger partial charge in [0, 0.05) is 21.5 Å². The number of alkyl halides is 12. The Hall–Kier alpha value is -8.50. The molecule has 0 fully saturated rings. The van der Waals surface area contributed by atoms with Gasteiger partial charge < -0.3 is 9.13 Å². The molecule has 0 saturated heterocycles. The van der Waals surface area contributed by atoms with Crippen LogP contribution in [0.4, 0.5) is 52.7 Å². The van der Waals surface area contributed by atoms with Crippen molar-refractivity contribution in [3.63, 3.8) is 0 Å². The number of benzene rings is 8. The van der Waals surface area contributed by atoms with Gasteiger partial charge in [0.05, 0.1) is 67.3 Å². The maximum absolute atomic E-state index is 14.5. The van der Waals surface area contributed by atoms with Crippen LogP contribution in [0, 0.1) is 22.7 Å². The minimum absolute atomic E-state index is 0.0286. The maximum Gasteiger partial charge on any atom is 0.417 e. The van der Waals surface area contributed by atoms with E-state index >= 15 is 0 Å². The molecule has 4 nitrogen and oxygen atoms in total. The van der Waals surface area contributed by atoms with E-state index in [2.05, 4.69) is 12.1 Å². The van der Waals surface area contributed by atoms with Crippen LogP contribution in [0.15, 0.2) is 158 Å². The highest BCUT2D eigenvalue weighted by Gasteiger charge is 2.40. The van der Waals surface area contributed by atoms with Crippen LogP contribution in [0.3, 0.4) is 0 Å². The fourth-order valence-electron chi connectivity index (χ4n) is 9.28. The summed E-state index contributed by atoms with van der Waals surface area (Å²) in [6.07, 6.45) is -20.4. The molecule has 10 rings (SSSR count). The normalized spacial score (nSPS) is 12.5. The van der Waals surface area contributed by atoms with Gasteiger partial charge in [0.15, 0.2) is 0 Å². The average molecular weight is 959 g/mol. The van der Waals surface area contributed by atoms with Crippen LogP contribution < -0.4 is 0 Å². The predicted octanol–water partition coefficient (Wildman–Crippen LogP) is 16.7. The second-order valence-corrected chi connectivity index (χ2v) is 16.3. The average Bonchev–Trinajstić information content (AvgIpc) is 3.84. The predicted molar refractivity (Wildman–Crippen MR) is 241 cm³/mol. The van der Waals surface area contributed by atoms with Crippen LogP contribution in [0.2, 0.25) is 0 Å². The van der Waals surface area contributed by atoms with E-state index in [1.807, 2.05) is 0 Å². The summed E-state index contributed by atoms with van der Waals surface area (Å²) in [4.78, 5) is 0. The number of nitrogens with zero attached hydrogens (tertiary/aromatic N) is 4. The van der Waals surface area contributed by atoms with Crippen molar-refractivity contribution >= 4 is 43.6 Å². The molecule has 346 valence electrons. The minimum Gasteiger partial charge on any atom is -0.308 e. The number of hydrogen-bond acceptors (Lipinski definition) is 2. The van der Waals surface area contributed by atoms with E-state index in [0.29, 0.717) is 66.9 Å². The van der Waals surface area contributed by atoms with E-state index in [-0.39, 0.29) is 45.8 Å². The Bertz CT molecular complexity index is 3660. The minimum atomic E-state index is -5.17. The second kappa shape index (κ2) is 16.1. The summed E-state index contributed by atoms with van der Waals surface area (Å²) in [5.74, 6) is 0. The van der Waals surface area contributed by atoms with Crippen LogP contribution >= 0.6 is 0 Å². The van der Waals surface area contributed by atoms with Crippen molar-refractivity contribution in [2.75, 3.05) is 0 Å². The molecule has 10 aromatic rings. The molecule has 0 spiro atoms. The summed E-state index contributed by atoms with van der Waals surface area (Å²) in [5.41, 5.74) is -3.75. The lowest BCUT2D eigenvalue weighted by atomic mass is 9.95. The molecule has 2 aromatic heterocycles. The molecule has 2 heterocycles. The summed E-state index contributed by atoms with van der Waals surface area (Å²) in [5, 5.41) is 23.3. The number of fused-ring (bicyclic) bond motifs is 6. The summed E-state index contributed by atoms with van der Waals surface area (Å²) < 4.78 is 172. The number of rotatable bonds is 5. The van der Waals surface area contributed by atoms with E-state index in [1.165, 1.54) is 36.4 Å². The Morgan fingerprint density at radius 1 is 0.343 bits per heavy atom. The Morgan fingerprint density at radius 2 is 0.757 bits per heavy atom. The highest BCUT2D eigenvalue weighted by molar-refractivity contribution is 6.12. The number of aromatic nitrogens is 2. The zero-order valence-electron chi connectivity index (χ0n) is 35.3. The first-order valence-electron chi connectivity index (χ1n) is 20.9. The number of para-hydroxylation sites is 2. The first-order valence-corrected chi connectivity index (χ1v) is 20.9. The topological polar surface area (TPSA) is 57.4 Å². The molecule has 0 aliphatic carbocycles. The molecule has 0 aliphatic rings. The van der Waals surface area contributed by atoms with Crippen LogP contribution in [0.5, 0.6) is 0 Å². The summed E-state index contributed by atoms with van der Waals surface area (Å²) in [6.45, 7) is 0. The van der Waals surface area contributed by atoms with Gasteiger partial charge in [-0.25, -0.2) is 0 Å². The fourth-order valence-corrected chi connectivity index (χ4v) is 9.28. The lowest BCUT2D eigenvalue weighted by molar-refractivity contribution is -0.144. The highest BCUT2D eigenvalue weighted by Crippen LogP contribution is 2.46. The van der Waals surface area contributed by atoms with Crippen molar-refractivity contribution in [2.24, 2.45) is 0 Å². The van der Waals surface area contributed by atoms with Crippen LogP contribution in [-0.2, 0) is 24.7 Å². The van der Waals surface area contributed by atoms with E-state index in [0.717, 1.165) is 12.1 Å². The summed E-state index contributed by atoms with van der Waals surface area (Å²) in [7, 11) is 0. The molecule has 0 radical (unpaired) electrons. The highest BCUT2D eigenvalue weighted by atomic mass is 19.4. The maximum atomic E-state index is 14.5. The lowest BCUT2D eigenvalue weighted by Crippen LogP contribution is -2.12. The third-order valence-electron chi connectivity index (χ3n) is 12.3. The van der Waals surface area contributed by atoms with Crippen molar-refractivity contribution in [2.45, 2.75) is 24.7 Å². The molecule has 0 bridgehead atoms. The monoisotopic (exact) mass is 958 g/mol. The fraction of sp³-hybridized carbons (Fsp3) is 0.0741. The molecule has 16 heteroatoms. The van der Waals surface area contributed by atoms with Crippen LogP contribution in [-0.4, -0.2) is 9.13 Å². The van der Waals surface area contributed by atoms with Gasteiger partial charge in [0.2, 0.25) is 0 Å². The SMILES string of the molecule is N#Cc1ccccc1-c1cc(-n2c3ccccc3c3cc(-c4ccc(C(F)(F)F)cc4C(F)(F)F)ccc32)c(C#N)c(-n2c3ccccc3c3cc(-c4ccc(C(F)(F)F)cc4C(F)(F)F)ccc32)c1. The molecule has 70 heavy (non-hydrogen) atoms. The van der Waals surface area contributed by atoms with E-state index < -0.39 is 58.1 Å². The van der Waals surface area contributed by atoms with E-state index in [1.54, 1.807) is 94.1 Å². The van der Waals surface area contributed by atoms with E-state index in [4.69, 9.17) is 0 Å². The van der Waals surface area contributed by atoms with Crippen LogP contribution in [0.1, 0.15) is 33.4 Å². The Morgan fingerprint density at radius 3 is 1.17 bits per heavy atom. The molecule has 0 amide bonds. The largest absolute Gasteiger partial charge is 0.417 e. The first-order chi connectivity index (χ1) is 33.2. The molecule has 0 aliphatic heterocycles. The van der Waals surface area contributed by atoms with Crippen molar-refractivity contribution in [3.05, 3.63) is 191 Å². The lowest BCUT2D eigenvalue weighted by Gasteiger charge is -2.19. The zero-order valence-corrected chi connectivity index (χ0v) is 35.3. The molecule has 0 N–H and O–H groups in total. The quantitative estimate of drug-likeness (QED) is 0.161. The third-order valence-corrected chi connectivity index (χ3v) is 12.3. The molecule has 0 saturated carbocycles. The van der Waals surface area contributed by atoms with Crippen molar-refractivity contribution in [1.82, 2.24) is 9.13 Å². The van der Waals surface area contributed by atoms with Crippen molar-refractivity contribution in [1.29, 1.82) is 10.5 Å². The van der Waals surface area contributed by atoms with Gasteiger partial charge in [-0.15, -0.1) is 0 Å². The third kappa shape index (κ3) is 7.52. The van der Waals surface area contributed by atoms with Gasteiger partial charge >= 0.3 is 24.7 Å². The van der Waals surface area contributed by atoms with Gasteiger partial charge in [-0.05, 0) is 112 Å². The summed E-state index contributed by atoms with van der Waals surface area (Å²) >= 11 is 0. The second-order valence-electron chi connectivity index (χ2n) is 16.3. The molecule has 0 atom stereocenters. The number of halogens is 12. The standard InChI is InChI=1S/C54H26F12N4/c55-51(56,57)33-15-17-36(43(25-33)53(61,62)63)29-13-19-47-40(21-29)38-9-3-5-11-45(38)69(47)49-23-32(35-8-2-1-7-31(35)27-67)24-50(42(49)28-68)70-46-12-6-4-10-39(46)41-22-30(14-20-48(41)70)37-18-16-34(52(58,59)60)26-44(37)54(64,65)66/h1-26H. The number of hydrogen-bond donors (Lipinski definition) is 0. The molecule has 8 aromatic carbocycles. The van der Waals surface area contributed by atoms with E-state index in [9.17, 15) is 63.2 Å². The van der Waals surface area contributed by atoms with Crippen molar-refractivity contribution in [3.8, 4) is 56.9 Å². The summed E-state index contributed by atoms with van der Waals surface area (Å²) in [6, 6.07) is 39.4. The van der Waals surface area contributed by atoms with Gasteiger partial charge in [0.25, 0.3) is 0 Å². The van der Waals surface area contributed by atoms with Gasteiger partial charge in [-0.3, -0.25) is 0 Å². The Kier molecular flexibility index (Phi) is 10.4. The van der Waals surface area contributed by atoms with Crippen LogP contribution in [0.25, 0.3) is 88.4 Å². The molecular formula is C54H26F12N4. The van der Waals surface area contributed by atoms with Gasteiger partial charge in [0.1, 0.15) is 11.6 Å². The smallest absolute Gasteiger partial charge is 0.308 e. The Labute approximate surface area is 387 Å².